The molecule has 2 aromatic rings. The van der Waals surface area contributed by atoms with E-state index in [1.165, 1.54) is 6.42 Å². The highest BCUT2D eigenvalue weighted by atomic mass is 19.1. The molecule has 0 amide bonds. The summed E-state index contributed by atoms with van der Waals surface area (Å²) in [7, 11) is 0. The first-order valence-electron chi connectivity index (χ1n) is 8.69. The minimum atomic E-state index is -0.210. The molecule has 3 nitrogen and oxygen atoms in total. The van der Waals surface area contributed by atoms with E-state index in [2.05, 4.69) is 28.3 Å². The van der Waals surface area contributed by atoms with Crippen LogP contribution in [0, 0.1) is 24.6 Å². The molecule has 4 heteroatoms. The maximum Gasteiger partial charge on any atom is 0.147 e. The number of aryl methyl sites for hydroxylation is 1. The molecular formula is C21H24FN3. The van der Waals surface area contributed by atoms with Gasteiger partial charge in [0.25, 0.3) is 0 Å². The number of rotatable bonds is 3. The van der Waals surface area contributed by atoms with E-state index in [9.17, 15) is 0 Å². The number of nitrogens with one attached hydrogen (secondary N) is 1. The van der Waals surface area contributed by atoms with E-state index in [0.29, 0.717) is 11.4 Å². The third kappa shape index (κ3) is 3.15. The zero-order valence-corrected chi connectivity index (χ0v) is 14.9. The number of hydrogen-bond acceptors (Lipinski definition) is 2. The molecule has 0 saturated carbocycles. The minimum absolute atomic E-state index is 0.210. The maximum atomic E-state index is 15.0. The van der Waals surface area contributed by atoms with Crippen LogP contribution in [-0.2, 0) is 0 Å². The highest BCUT2D eigenvalue weighted by Gasteiger charge is 2.23. The van der Waals surface area contributed by atoms with Crippen LogP contribution in [0.5, 0.6) is 0 Å². The Morgan fingerprint density at radius 3 is 2.72 bits per heavy atom. The van der Waals surface area contributed by atoms with Gasteiger partial charge in [-0.25, -0.2) is 4.39 Å². The number of halogens is 1. The molecule has 2 heterocycles. The van der Waals surface area contributed by atoms with Crippen molar-refractivity contribution in [1.82, 2.24) is 4.98 Å². The molecule has 1 aliphatic rings. The maximum absolute atomic E-state index is 15.0. The molecule has 0 radical (unpaired) electrons. The normalized spacial score (nSPS) is 15.2. The van der Waals surface area contributed by atoms with Gasteiger partial charge in [0, 0.05) is 35.3 Å². The fourth-order valence-electron chi connectivity index (χ4n) is 3.60. The Labute approximate surface area is 148 Å². The van der Waals surface area contributed by atoms with Crippen molar-refractivity contribution < 1.29 is 4.39 Å². The second-order valence-electron chi connectivity index (χ2n) is 6.44. The van der Waals surface area contributed by atoms with Crippen LogP contribution in [-0.4, -0.2) is 18.1 Å². The zero-order valence-electron chi connectivity index (χ0n) is 14.9. The molecule has 0 bridgehead atoms. The van der Waals surface area contributed by atoms with Crippen molar-refractivity contribution in [1.29, 1.82) is 0 Å². The van der Waals surface area contributed by atoms with E-state index in [-0.39, 0.29) is 5.82 Å². The lowest BCUT2D eigenvalue weighted by atomic mass is 10.0. The number of nitrogens with two attached hydrogens (primary N) is 1. The van der Waals surface area contributed by atoms with Gasteiger partial charge >= 0.3 is 0 Å². The topological polar surface area (TPSA) is 45.0 Å². The van der Waals surface area contributed by atoms with Gasteiger partial charge in [-0.05, 0) is 51.2 Å². The van der Waals surface area contributed by atoms with Crippen molar-refractivity contribution in [3.63, 3.8) is 0 Å². The zero-order chi connectivity index (χ0) is 18.0. The van der Waals surface area contributed by atoms with E-state index in [0.717, 1.165) is 53.7 Å². The molecule has 0 atom stereocenters. The third-order valence-electron chi connectivity index (χ3n) is 4.73. The number of piperidine rings is 1. The molecule has 1 aliphatic heterocycles. The van der Waals surface area contributed by atoms with Crippen molar-refractivity contribution in [2.24, 2.45) is 5.73 Å². The van der Waals surface area contributed by atoms with E-state index in [1.54, 1.807) is 19.1 Å². The Balaban J connectivity index is 2.33. The summed E-state index contributed by atoms with van der Waals surface area (Å²) in [4.78, 5) is 5.54. The molecule has 3 N–H and O–H groups in total. The lowest BCUT2D eigenvalue weighted by Crippen LogP contribution is -2.30. The summed E-state index contributed by atoms with van der Waals surface area (Å²) in [5, 5.41) is 0.871. The smallest absolute Gasteiger partial charge is 0.147 e. The minimum Gasteiger partial charge on any atom is -0.392 e. The number of hydrogen-bond donors (Lipinski definition) is 2. The largest absolute Gasteiger partial charge is 0.392 e. The molecule has 130 valence electrons. The van der Waals surface area contributed by atoms with Crippen LogP contribution in [0.4, 0.5) is 10.1 Å². The summed E-state index contributed by atoms with van der Waals surface area (Å²) in [5.41, 5.74) is 10.7. The monoisotopic (exact) mass is 337 g/mol. The first-order valence-corrected chi connectivity index (χ1v) is 8.69. The summed E-state index contributed by atoms with van der Waals surface area (Å²) in [6.45, 7) is 9.30. The van der Waals surface area contributed by atoms with Gasteiger partial charge in [-0.2, -0.15) is 0 Å². The van der Waals surface area contributed by atoms with Gasteiger partial charge in [-0.15, -0.1) is 0 Å². The molecule has 1 saturated heterocycles. The Morgan fingerprint density at radius 1 is 1.36 bits per heavy atom. The van der Waals surface area contributed by atoms with Crippen LogP contribution in [0.2, 0.25) is 0 Å². The lowest BCUT2D eigenvalue weighted by molar-refractivity contribution is 0.559. The second-order valence-corrected chi connectivity index (χ2v) is 6.44. The Hall–Kier alpha value is -2.67. The standard InChI is InChI=1S/C21H24FN3/c1-4-9-16(23)13-17-14(3)24-20-15(5-2)12-18(22)21(19(17)20)25-10-7-6-8-11-25/h5,12-13,24H,2,6-8,10-11,23H2,1,3H3/b16-13-. The molecule has 25 heavy (non-hydrogen) atoms. The quantitative estimate of drug-likeness (QED) is 0.806. The molecule has 0 aliphatic carbocycles. The first-order chi connectivity index (χ1) is 12.1. The molecule has 3 rings (SSSR count). The average Bonchev–Trinajstić information content (AvgIpc) is 2.92. The number of anilines is 1. The van der Waals surface area contributed by atoms with Crippen molar-refractivity contribution in [2.45, 2.75) is 33.1 Å². The SMILES string of the molecule is C=Cc1cc(F)c(N2CCCCC2)c2c(/C=C(\N)C#CC)c(C)[nH]c12. The summed E-state index contributed by atoms with van der Waals surface area (Å²) < 4.78 is 15.0. The van der Waals surface area contributed by atoms with Gasteiger partial charge in [0.1, 0.15) is 5.82 Å². The molecule has 1 aromatic carbocycles. The third-order valence-corrected chi connectivity index (χ3v) is 4.73. The lowest BCUT2D eigenvalue weighted by Gasteiger charge is -2.30. The average molecular weight is 337 g/mol. The molecule has 0 unspecified atom stereocenters. The van der Waals surface area contributed by atoms with E-state index in [1.807, 2.05) is 13.0 Å². The summed E-state index contributed by atoms with van der Waals surface area (Å²) >= 11 is 0. The van der Waals surface area contributed by atoms with Gasteiger partial charge in [0.2, 0.25) is 0 Å². The predicted molar refractivity (Wildman–Crippen MR) is 105 cm³/mol. The van der Waals surface area contributed by atoms with Gasteiger partial charge in [0.05, 0.1) is 16.9 Å². The number of fused-ring (bicyclic) bond motifs is 1. The van der Waals surface area contributed by atoms with Crippen LogP contribution >= 0.6 is 0 Å². The number of nitrogens with zero attached hydrogens (tertiary/aromatic N) is 1. The van der Waals surface area contributed by atoms with Crippen LogP contribution < -0.4 is 10.6 Å². The van der Waals surface area contributed by atoms with Crippen LogP contribution in [0.1, 0.15) is 43.0 Å². The van der Waals surface area contributed by atoms with Gasteiger partial charge in [-0.3, -0.25) is 0 Å². The van der Waals surface area contributed by atoms with Crippen molar-refractivity contribution in [3.8, 4) is 11.8 Å². The summed E-state index contributed by atoms with van der Waals surface area (Å²) in [6, 6.07) is 1.57. The highest BCUT2D eigenvalue weighted by molar-refractivity contribution is 6.04. The van der Waals surface area contributed by atoms with Gasteiger partial charge in [0.15, 0.2) is 0 Å². The number of allylic oxidation sites excluding steroid dienone is 1. The predicted octanol–water partition coefficient (Wildman–Crippen LogP) is 4.57. The Kier molecular flexibility index (Phi) is 4.85. The number of aromatic amines is 1. The van der Waals surface area contributed by atoms with Crippen LogP contribution in [0.3, 0.4) is 0 Å². The Bertz CT molecular complexity index is 903. The van der Waals surface area contributed by atoms with Crippen LogP contribution in [0.25, 0.3) is 23.1 Å². The van der Waals surface area contributed by atoms with E-state index < -0.39 is 0 Å². The number of benzene rings is 1. The van der Waals surface area contributed by atoms with Crippen LogP contribution in [0.15, 0.2) is 18.3 Å². The number of aromatic nitrogens is 1. The fourth-order valence-corrected chi connectivity index (χ4v) is 3.60. The van der Waals surface area contributed by atoms with Gasteiger partial charge in [-0.1, -0.05) is 18.6 Å². The van der Waals surface area contributed by atoms with Crippen molar-refractivity contribution in [3.05, 3.63) is 41.0 Å². The van der Waals surface area contributed by atoms with Crippen molar-refractivity contribution in [2.75, 3.05) is 18.0 Å². The molecule has 1 aromatic heterocycles. The molecule has 1 fully saturated rings. The molecule has 0 spiro atoms. The first kappa shape index (κ1) is 17.2. The Morgan fingerprint density at radius 2 is 2.08 bits per heavy atom. The highest BCUT2D eigenvalue weighted by Crippen LogP contribution is 2.38. The van der Waals surface area contributed by atoms with E-state index >= 15 is 4.39 Å². The van der Waals surface area contributed by atoms with Gasteiger partial charge < -0.3 is 15.6 Å². The molecular weight excluding hydrogens is 313 g/mol. The summed E-state index contributed by atoms with van der Waals surface area (Å²) in [6.07, 6.45) is 6.89. The fraction of sp³-hybridized carbons (Fsp3) is 0.333. The van der Waals surface area contributed by atoms with E-state index in [4.69, 9.17) is 5.73 Å². The summed E-state index contributed by atoms with van der Waals surface area (Å²) in [5.74, 6) is 5.46. The number of H-pyrrole nitrogens is 1. The second kappa shape index (κ2) is 7.06. The van der Waals surface area contributed by atoms with Crippen molar-refractivity contribution >= 4 is 28.7 Å².